The van der Waals surface area contributed by atoms with Crippen LogP contribution in [-0.4, -0.2) is 30.9 Å². The number of carbonyl (C=O) groups is 1. The Hall–Kier alpha value is -2.31. The molecule has 2 aromatic rings. The van der Waals surface area contributed by atoms with Gasteiger partial charge in [-0.25, -0.2) is 0 Å². The predicted molar refractivity (Wildman–Crippen MR) is 151 cm³/mol. The molecular formula is C28H28Br2ClN3O3. The summed E-state index contributed by atoms with van der Waals surface area (Å²) in [5.41, 5.74) is 9.87. The highest BCUT2D eigenvalue weighted by Gasteiger charge is 2.44. The molecule has 2 N–H and O–H groups in total. The predicted octanol–water partition coefficient (Wildman–Crippen LogP) is 6.83. The number of nitrogens with two attached hydrogens (primary N) is 1. The number of ether oxygens (including phenoxy) is 2. The summed E-state index contributed by atoms with van der Waals surface area (Å²) < 4.78 is 12.8. The van der Waals surface area contributed by atoms with E-state index in [0.29, 0.717) is 62.7 Å². The van der Waals surface area contributed by atoms with Crippen molar-refractivity contribution in [3.05, 3.63) is 84.2 Å². The second-order valence-electron chi connectivity index (χ2n) is 9.98. The van der Waals surface area contributed by atoms with E-state index in [1.807, 2.05) is 41.3 Å². The summed E-state index contributed by atoms with van der Waals surface area (Å²) in [6.45, 7) is 5.33. The number of allylic oxidation sites excluding steroid dienone is 3. The van der Waals surface area contributed by atoms with Crippen LogP contribution in [0.3, 0.4) is 0 Å². The Morgan fingerprint density at radius 1 is 1.22 bits per heavy atom. The second-order valence-corrected chi connectivity index (χ2v) is 12.1. The quantitative estimate of drug-likeness (QED) is 0.354. The van der Waals surface area contributed by atoms with Crippen LogP contribution in [-0.2, 0) is 16.1 Å². The number of nitriles is 1. The van der Waals surface area contributed by atoms with Crippen molar-refractivity contribution in [1.82, 2.24) is 4.90 Å². The molecule has 0 saturated carbocycles. The molecule has 1 atom stereocenters. The van der Waals surface area contributed by atoms with E-state index in [-0.39, 0.29) is 17.8 Å². The van der Waals surface area contributed by atoms with Gasteiger partial charge in [0.2, 0.25) is 0 Å². The van der Waals surface area contributed by atoms with E-state index < -0.39 is 5.92 Å². The molecule has 0 spiro atoms. The first-order valence-corrected chi connectivity index (χ1v) is 13.8. The van der Waals surface area contributed by atoms with Crippen LogP contribution in [0.1, 0.15) is 43.7 Å². The van der Waals surface area contributed by atoms with Gasteiger partial charge in [-0.3, -0.25) is 4.79 Å². The number of methoxy groups -OCH3 is 1. The van der Waals surface area contributed by atoms with Crippen LogP contribution in [0.2, 0.25) is 5.02 Å². The van der Waals surface area contributed by atoms with E-state index in [9.17, 15) is 10.1 Å². The summed E-state index contributed by atoms with van der Waals surface area (Å²) in [5, 5.41) is 10.8. The molecule has 0 unspecified atom stereocenters. The topological polar surface area (TPSA) is 88.6 Å². The molecule has 6 nitrogen and oxygen atoms in total. The lowest BCUT2D eigenvalue weighted by molar-refractivity contribution is -0.118. The van der Waals surface area contributed by atoms with Gasteiger partial charge in [0, 0.05) is 41.9 Å². The highest BCUT2D eigenvalue weighted by molar-refractivity contribution is 9.11. The van der Waals surface area contributed by atoms with Crippen molar-refractivity contribution in [1.29, 1.82) is 5.26 Å². The van der Waals surface area contributed by atoms with E-state index in [2.05, 4.69) is 51.8 Å². The lowest BCUT2D eigenvalue weighted by atomic mass is 9.68. The van der Waals surface area contributed by atoms with E-state index in [0.717, 1.165) is 16.8 Å². The van der Waals surface area contributed by atoms with E-state index in [1.54, 1.807) is 7.11 Å². The molecule has 0 amide bonds. The van der Waals surface area contributed by atoms with E-state index >= 15 is 0 Å². The standard InChI is InChI=1S/C28H28Br2ClN3O3/c1-28(2)12-22-25(23(35)13-28)24(18(14-32)27(33)34(22)8-9-36-3)17-10-19(29)26(20(30)11-17)37-15-16-6-4-5-7-21(16)31/h4-7,10-11,24H,8-9,12-13,15,33H2,1-3H3/t24-/m1/s1. The van der Waals surface area contributed by atoms with Crippen LogP contribution in [0.15, 0.2) is 68.0 Å². The minimum atomic E-state index is -0.576. The number of carbonyl (C=O) groups excluding carboxylic acids is 1. The zero-order valence-electron chi connectivity index (χ0n) is 20.9. The molecule has 0 fully saturated rings. The Morgan fingerprint density at radius 3 is 2.51 bits per heavy atom. The van der Waals surface area contributed by atoms with Crippen molar-refractivity contribution in [3.8, 4) is 11.8 Å². The fourth-order valence-corrected chi connectivity index (χ4v) is 6.64. The maximum absolute atomic E-state index is 13.6. The van der Waals surface area contributed by atoms with Gasteiger partial charge in [0.05, 0.1) is 33.1 Å². The molecule has 0 radical (unpaired) electrons. The van der Waals surface area contributed by atoms with Crippen molar-refractivity contribution in [2.45, 2.75) is 39.2 Å². The Morgan fingerprint density at radius 2 is 1.89 bits per heavy atom. The number of benzene rings is 2. The third-order valence-electron chi connectivity index (χ3n) is 6.69. The molecule has 0 saturated heterocycles. The molecule has 0 aromatic heterocycles. The maximum atomic E-state index is 13.6. The van der Waals surface area contributed by atoms with Crippen LogP contribution < -0.4 is 10.5 Å². The summed E-state index contributed by atoms with van der Waals surface area (Å²) in [5.74, 6) is 0.417. The molecule has 1 aliphatic heterocycles. The average molecular weight is 650 g/mol. The molecule has 4 rings (SSSR count). The van der Waals surface area contributed by atoms with Gasteiger partial charge in [0.25, 0.3) is 0 Å². The van der Waals surface area contributed by atoms with Gasteiger partial charge in [0.15, 0.2) is 5.78 Å². The first kappa shape index (κ1) is 27.7. The molecule has 1 aliphatic carbocycles. The summed E-state index contributed by atoms with van der Waals surface area (Å²) in [7, 11) is 1.62. The SMILES string of the molecule is COCCN1C(N)=C(C#N)[C@@H](c2cc(Br)c(OCc3ccccc3Cl)c(Br)c2)C2=C1CC(C)(C)CC2=O. The van der Waals surface area contributed by atoms with Crippen LogP contribution in [0.5, 0.6) is 5.75 Å². The largest absolute Gasteiger partial charge is 0.486 e. The third-order valence-corrected chi connectivity index (χ3v) is 8.24. The fourth-order valence-electron chi connectivity index (χ4n) is 5.00. The first-order valence-electron chi connectivity index (χ1n) is 11.9. The molecule has 1 heterocycles. The van der Waals surface area contributed by atoms with Crippen LogP contribution in [0, 0.1) is 16.7 Å². The normalized spacial score (nSPS) is 19.1. The maximum Gasteiger partial charge on any atom is 0.162 e. The Bertz CT molecular complexity index is 1320. The van der Waals surface area contributed by atoms with Crippen LogP contribution >= 0.6 is 43.5 Å². The molecular weight excluding hydrogens is 622 g/mol. The highest BCUT2D eigenvalue weighted by Crippen LogP contribution is 2.50. The smallest absolute Gasteiger partial charge is 0.162 e. The molecule has 2 aromatic carbocycles. The number of ketones is 1. The molecule has 0 bridgehead atoms. The van der Waals surface area contributed by atoms with Crippen molar-refractivity contribution in [3.63, 3.8) is 0 Å². The van der Waals surface area contributed by atoms with Crippen molar-refractivity contribution >= 4 is 49.2 Å². The van der Waals surface area contributed by atoms with Gasteiger partial charge in [-0.15, -0.1) is 0 Å². The number of rotatable bonds is 7. The third kappa shape index (κ3) is 5.61. The molecule has 9 heteroatoms. The number of Topliss-reactive ketones (excluding diaryl/α,β-unsaturated/α-hetero) is 1. The summed E-state index contributed by atoms with van der Waals surface area (Å²) in [6, 6.07) is 13.6. The van der Waals surface area contributed by atoms with Crippen molar-refractivity contribution in [2.75, 3.05) is 20.3 Å². The van der Waals surface area contributed by atoms with Gasteiger partial charge in [-0.05, 0) is 67.5 Å². The number of halogens is 3. The van der Waals surface area contributed by atoms with Crippen LogP contribution in [0.4, 0.5) is 0 Å². The van der Waals surface area contributed by atoms with Gasteiger partial charge < -0.3 is 20.1 Å². The number of hydrogen-bond donors (Lipinski definition) is 1. The first-order chi connectivity index (χ1) is 17.6. The molecule has 37 heavy (non-hydrogen) atoms. The Labute approximate surface area is 239 Å². The zero-order valence-corrected chi connectivity index (χ0v) is 24.8. The molecule has 194 valence electrons. The monoisotopic (exact) mass is 647 g/mol. The van der Waals surface area contributed by atoms with Gasteiger partial charge in [-0.1, -0.05) is 43.6 Å². The fraction of sp³-hybridized carbons (Fsp3) is 0.357. The van der Waals surface area contributed by atoms with E-state index in [1.165, 1.54) is 0 Å². The van der Waals surface area contributed by atoms with Crippen molar-refractivity contribution in [2.24, 2.45) is 11.1 Å². The number of hydrogen-bond acceptors (Lipinski definition) is 6. The summed E-state index contributed by atoms with van der Waals surface area (Å²) >= 11 is 13.6. The van der Waals surface area contributed by atoms with Gasteiger partial charge in [-0.2, -0.15) is 5.26 Å². The Balaban J connectivity index is 1.78. The molecule has 2 aliphatic rings. The lowest BCUT2D eigenvalue weighted by Crippen LogP contribution is -2.43. The number of nitrogens with zero attached hydrogens (tertiary/aromatic N) is 2. The average Bonchev–Trinajstić information content (AvgIpc) is 2.82. The van der Waals surface area contributed by atoms with E-state index in [4.69, 9.17) is 26.8 Å². The van der Waals surface area contributed by atoms with Gasteiger partial charge in [0.1, 0.15) is 18.2 Å². The zero-order chi connectivity index (χ0) is 26.9. The second kappa shape index (κ2) is 11.2. The lowest BCUT2D eigenvalue weighted by Gasteiger charge is -2.43. The van der Waals surface area contributed by atoms with Crippen molar-refractivity contribution < 1.29 is 14.3 Å². The van der Waals surface area contributed by atoms with Gasteiger partial charge >= 0.3 is 0 Å². The summed E-state index contributed by atoms with van der Waals surface area (Å²) in [4.78, 5) is 15.5. The highest BCUT2D eigenvalue weighted by atomic mass is 79.9. The van der Waals surface area contributed by atoms with Crippen LogP contribution in [0.25, 0.3) is 0 Å². The Kier molecular flexibility index (Phi) is 8.39. The minimum absolute atomic E-state index is 0.0326. The minimum Gasteiger partial charge on any atom is -0.486 e. The summed E-state index contributed by atoms with van der Waals surface area (Å²) in [6.07, 6.45) is 1.08.